The lowest BCUT2D eigenvalue weighted by molar-refractivity contribution is -0.0927. The van der Waals surface area contributed by atoms with Crippen molar-refractivity contribution < 1.29 is 13.5 Å². The quantitative estimate of drug-likeness (QED) is 0.584. The maximum Gasteiger partial charge on any atom is 0.283 e. The second kappa shape index (κ2) is 11.8. The number of unbranched alkanes of at least 4 members (excludes halogenated alkanes) is 1. The van der Waals surface area contributed by atoms with Crippen molar-refractivity contribution in [2.45, 2.75) is 53.4 Å². The molecule has 0 radical (unpaired) electrons. The molecule has 0 aliphatic heterocycles. The van der Waals surface area contributed by atoms with E-state index < -0.39 is 12.5 Å². The number of rotatable bonds is 9. The average molecular weight is 267 g/mol. The SMILES string of the molecule is CC.CCCCOCC(F)(F)CN(C)CC(C)C. The van der Waals surface area contributed by atoms with Crippen LogP contribution < -0.4 is 0 Å². The molecule has 0 aromatic carbocycles. The van der Waals surface area contributed by atoms with Gasteiger partial charge in [0.1, 0.15) is 6.61 Å². The molecule has 0 atom stereocenters. The summed E-state index contributed by atoms with van der Waals surface area (Å²) in [4.78, 5) is 1.66. The Balaban J connectivity index is 0. The third-order valence-electron chi connectivity index (χ3n) is 2.13. The minimum Gasteiger partial charge on any atom is -0.375 e. The summed E-state index contributed by atoms with van der Waals surface area (Å²) in [5.41, 5.74) is 0. The van der Waals surface area contributed by atoms with Gasteiger partial charge in [0.2, 0.25) is 0 Å². The average Bonchev–Trinajstić information content (AvgIpc) is 2.25. The number of alkyl halides is 2. The Labute approximate surface area is 112 Å². The summed E-state index contributed by atoms with van der Waals surface area (Å²) in [5.74, 6) is -2.33. The van der Waals surface area contributed by atoms with E-state index in [2.05, 4.69) is 0 Å². The van der Waals surface area contributed by atoms with Crippen molar-refractivity contribution in [2.75, 3.05) is 33.4 Å². The molecule has 0 unspecified atom stereocenters. The summed E-state index contributed by atoms with van der Waals surface area (Å²) in [6.07, 6.45) is 1.82. The van der Waals surface area contributed by atoms with Crippen LogP contribution in [0.5, 0.6) is 0 Å². The van der Waals surface area contributed by atoms with E-state index in [4.69, 9.17) is 4.74 Å². The normalized spacial score (nSPS) is 11.7. The highest BCUT2D eigenvalue weighted by atomic mass is 19.3. The molecule has 0 fully saturated rings. The summed E-state index contributed by atoms with van der Waals surface area (Å²) in [5, 5.41) is 0. The molecule has 4 heteroatoms. The van der Waals surface area contributed by atoms with Crippen LogP contribution in [0.3, 0.4) is 0 Å². The van der Waals surface area contributed by atoms with Gasteiger partial charge in [0.15, 0.2) is 0 Å². The minimum absolute atomic E-state index is 0.225. The molecule has 18 heavy (non-hydrogen) atoms. The largest absolute Gasteiger partial charge is 0.375 e. The fourth-order valence-electron chi connectivity index (χ4n) is 1.60. The molecule has 0 aromatic heterocycles. The van der Waals surface area contributed by atoms with Crippen molar-refractivity contribution in [2.24, 2.45) is 5.92 Å². The Kier molecular flexibility index (Phi) is 13.2. The smallest absolute Gasteiger partial charge is 0.283 e. The molecule has 0 aliphatic carbocycles. The van der Waals surface area contributed by atoms with E-state index in [0.29, 0.717) is 19.1 Å². The molecule has 2 nitrogen and oxygen atoms in total. The van der Waals surface area contributed by atoms with Crippen LogP contribution in [0.1, 0.15) is 47.5 Å². The Morgan fingerprint density at radius 3 is 2.22 bits per heavy atom. The van der Waals surface area contributed by atoms with E-state index in [-0.39, 0.29) is 6.54 Å². The molecule has 0 N–H and O–H groups in total. The zero-order valence-corrected chi connectivity index (χ0v) is 12.9. The Bertz CT molecular complexity index is 175. The lowest BCUT2D eigenvalue weighted by Gasteiger charge is -2.24. The first-order chi connectivity index (χ1) is 8.37. The lowest BCUT2D eigenvalue weighted by Crippen LogP contribution is -2.39. The standard InChI is InChI=1S/C12H25F2NO.C2H6/c1-5-6-7-16-10-12(13,14)9-15(4)8-11(2)3;1-2/h11H,5-10H2,1-4H3;1-2H3. The molecule has 0 bridgehead atoms. The molecule has 0 aromatic rings. The molecule has 0 rings (SSSR count). The van der Waals surface area contributed by atoms with Crippen molar-refractivity contribution >= 4 is 0 Å². The Morgan fingerprint density at radius 2 is 1.78 bits per heavy atom. The molecule has 0 heterocycles. The summed E-state index contributed by atoms with van der Waals surface area (Å²) in [6, 6.07) is 0. The highest BCUT2D eigenvalue weighted by Gasteiger charge is 2.30. The molecular weight excluding hydrogens is 236 g/mol. The molecular formula is C14H31F2NO. The fraction of sp³-hybridized carbons (Fsp3) is 1.00. The van der Waals surface area contributed by atoms with Crippen LogP contribution in [0.25, 0.3) is 0 Å². The van der Waals surface area contributed by atoms with Crippen molar-refractivity contribution in [3.8, 4) is 0 Å². The number of halogens is 2. The first-order valence-electron chi connectivity index (χ1n) is 7.01. The van der Waals surface area contributed by atoms with Gasteiger partial charge in [0.25, 0.3) is 5.92 Å². The van der Waals surface area contributed by atoms with E-state index in [0.717, 1.165) is 12.8 Å². The summed E-state index contributed by atoms with van der Waals surface area (Å²) in [6.45, 7) is 10.5. The van der Waals surface area contributed by atoms with Gasteiger partial charge in [0, 0.05) is 13.2 Å². The van der Waals surface area contributed by atoms with Gasteiger partial charge in [-0.25, -0.2) is 8.78 Å². The molecule has 0 saturated heterocycles. The molecule has 0 saturated carbocycles. The fourth-order valence-corrected chi connectivity index (χ4v) is 1.60. The van der Waals surface area contributed by atoms with Crippen LogP contribution in [0, 0.1) is 5.92 Å². The van der Waals surface area contributed by atoms with Crippen molar-refractivity contribution in [3.63, 3.8) is 0 Å². The van der Waals surface area contributed by atoms with Crippen LogP contribution in [0.2, 0.25) is 0 Å². The third kappa shape index (κ3) is 13.8. The molecule has 112 valence electrons. The zero-order valence-electron chi connectivity index (χ0n) is 12.9. The van der Waals surface area contributed by atoms with E-state index >= 15 is 0 Å². The number of nitrogens with zero attached hydrogens (tertiary/aromatic N) is 1. The number of ether oxygens (including phenoxy) is 1. The van der Waals surface area contributed by atoms with E-state index in [9.17, 15) is 8.78 Å². The van der Waals surface area contributed by atoms with Gasteiger partial charge >= 0.3 is 0 Å². The van der Waals surface area contributed by atoms with Gasteiger partial charge in [0.05, 0.1) is 6.54 Å². The first-order valence-corrected chi connectivity index (χ1v) is 7.01. The molecule has 0 aliphatic rings. The van der Waals surface area contributed by atoms with E-state index in [1.54, 1.807) is 11.9 Å². The Morgan fingerprint density at radius 1 is 1.22 bits per heavy atom. The van der Waals surface area contributed by atoms with Crippen molar-refractivity contribution in [1.82, 2.24) is 4.90 Å². The second-order valence-corrected chi connectivity index (χ2v) is 4.85. The van der Waals surface area contributed by atoms with Crippen molar-refractivity contribution in [3.05, 3.63) is 0 Å². The minimum atomic E-state index is -2.74. The zero-order chi connectivity index (χ0) is 14.6. The summed E-state index contributed by atoms with van der Waals surface area (Å²) >= 11 is 0. The van der Waals surface area contributed by atoms with Crippen molar-refractivity contribution in [1.29, 1.82) is 0 Å². The van der Waals surface area contributed by atoms with Crippen LogP contribution >= 0.6 is 0 Å². The highest BCUT2D eigenvalue weighted by Crippen LogP contribution is 2.16. The monoisotopic (exact) mass is 267 g/mol. The number of hydrogen-bond donors (Lipinski definition) is 0. The van der Waals surface area contributed by atoms with Gasteiger partial charge in [-0.15, -0.1) is 0 Å². The van der Waals surface area contributed by atoms with Crippen LogP contribution in [-0.4, -0.2) is 44.2 Å². The summed E-state index contributed by atoms with van der Waals surface area (Å²) in [7, 11) is 1.72. The van der Waals surface area contributed by atoms with Gasteiger partial charge in [-0.1, -0.05) is 41.0 Å². The van der Waals surface area contributed by atoms with Gasteiger partial charge < -0.3 is 9.64 Å². The predicted molar refractivity (Wildman–Crippen MR) is 74.4 cm³/mol. The molecule has 0 spiro atoms. The van der Waals surface area contributed by atoms with Gasteiger partial charge in [-0.05, 0) is 19.4 Å². The molecule has 0 amide bonds. The maximum absolute atomic E-state index is 13.4. The first kappa shape index (κ1) is 20.1. The van der Waals surface area contributed by atoms with Crippen LogP contribution in [-0.2, 0) is 4.74 Å². The number of hydrogen-bond acceptors (Lipinski definition) is 2. The van der Waals surface area contributed by atoms with Crippen LogP contribution in [0.4, 0.5) is 8.78 Å². The van der Waals surface area contributed by atoms with Gasteiger partial charge in [-0.3, -0.25) is 0 Å². The van der Waals surface area contributed by atoms with E-state index in [1.165, 1.54) is 0 Å². The lowest BCUT2D eigenvalue weighted by atomic mass is 10.2. The Hall–Kier alpha value is -0.220. The second-order valence-electron chi connectivity index (χ2n) is 4.85. The maximum atomic E-state index is 13.4. The van der Waals surface area contributed by atoms with Crippen LogP contribution in [0.15, 0.2) is 0 Å². The summed E-state index contributed by atoms with van der Waals surface area (Å²) < 4.78 is 31.7. The van der Waals surface area contributed by atoms with Gasteiger partial charge in [-0.2, -0.15) is 0 Å². The topological polar surface area (TPSA) is 12.5 Å². The predicted octanol–water partition coefficient (Wildman–Crippen LogP) is 4.05. The highest BCUT2D eigenvalue weighted by molar-refractivity contribution is 4.70. The van der Waals surface area contributed by atoms with E-state index in [1.807, 2.05) is 34.6 Å². The third-order valence-corrected chi connectivity index (χ3v) is 2.13.